The summed E-state index contributed by atoms with van der Waals surface area (Å²) in [6.45, 7) is 4.67. The summed E-state index contributed by atoms with van der Waals surface area (Å²) in [4.78, 5) is 6.41. The Bertz CT molecular complexity index is 847. The molecule has 0 radical (unpaired) electrons. The largest absolute Gasteiger partial charge is 0.494 e. The maximum absolute atomic E-state index is 11.3. The molecule has 1 aromatic heterocycles. The molecule has 8 nitrogen and oxygen atoms in total. The molecule has 0 unspecified atom stereocenters. The zero-order chi connectivity index (χ0) is 19.8. The standard InChI is InChI=1S/C19H29N5O3S/c1-28(25,26)19-21-18(22-23-19)20-10-3-6-13-27-17-9-7-8-16(14-17)15-24-11-4-2-5-12-24/h7-9,14H,2-6,10-13,15H2,1H3,(H2,20,21,22,23). The first-order valence-electron chi connectivity index (χ1n) is 9.81. The number of aromatic nitrogens is 3. The van der Waals surface area contributed by atoms with Gasteiger partial charge in [-0.05, 0) is 56.5 Å². The summed E-state index contributed by atoms with van der Waals surface area (Å²) < 4.78 is 28.6. The van der Waals surface area contributed by atoms with E-state index >= 15 is 0 Å². The summed E-state index contributed by atoms with van der Waals surface area (Å²) >= 11 is 0. The Morgan fingerprint density at radius 3 is 2.79 bits per heavy atom. The van der Waals surface area contributed by atoms with E-state index in [1.165, 1.54) is 37.9 Å². The third-order valence-corrected chi connectivity index (χ3v) is 5.53. The van der Waals surface area contributed by atoms with Crippen LogP contribution in [-0.4, -0.2) is 61.0 Å². The molecule has 3 rings (SSSR count). The van der Waals surface area contributed by atoms with Crippen molar-refractivity contribution in [3.05, 3.63) is 29.8 Å². The summed E-state index contributed by atoms with van der Waals surface area (Å²) in [5, 5.41) is 9.10. The van der Waals surface area contributed by atoms with Gasteiger partial charge >= 0.3 is 0 Å². The van der Waals surface area contributed by atoms with Crippen molar-refractivity contribution in [2.45, 2.75) is 43.8 Å². The number of nitrogens with one attached hydrogen (secondary N) is 2. The fourth-order valence-electron chi connectivity index (χ4n) is 3.22. The van der Waals surface area contributed by atoms with Gasteiger partial charge in [0.25, 0.3) is 5.16 Å². The Hall–Kier alpha value is -2.13. The first-order valence-corrected chi connectivity index (χ1v) is 11.7. The minimum atomic E-state index is -3.38. The summed E-state index contributed by atoms with van der Waals surface area (Å²) in [7, 11) is -3.38. The topological polar surface area (TPSA) is 100 Å². The molecule has 1 aliphatic heterocycles. The molecule has 154 valence electrons. The highest BCUT2D eigenvalue weighted by Crippen LogP contribution is 2.18. The SMILES string of the molecule is CS(=O)(=O)c1n[nH]c(NCCCCOc2cccc(CN3CCCCC3)c2)n1. The minimum absolute atomic E-state index is 0.192. The van der Waals surface area contributed by atoms with Gasteiger partial charge in [-0.15, -0.1) is 5.10 Å². The number of benzene rings is 1. The number of likely N-dealkylation sites (tertiary alicyclic amines) is 1. The van der Waals surface area contributed by atoms with Crippen LogP contribution in [0.5, 0.6) is 5.75 Å². The first kappa shape index (κ1) is 20.6. The number of rotatable bonds is 10. The number of hydrogen-bond acceptors (Lipinski definition) is 7. The van der Waals surface area contributed by atoms with Crippen LogP contribution in [0.15, 0.2) is 29.4 Å². The van der Waals surface area contributed by atoms with E-state index in [1.54, 1.807) is 0 Å². The van der Waals surface area contributed by atoms with Crippen molar-refractivity contribution in [3.63, 3.8) is 0 Å². The summed E-state index contributed by atoms with van der Waals surface area (Å²) in [6, 6.07) is 8.35. The molecular weight excluding hydrogens is 378 g/mol. The van der Waals surface area contributed by atoms with Crippen LogP contribution in [0.1, 0.15) is 37.7 Å². The van der Waals surface area contributed by atoms with Gasteiger partial charge in [-0.3, -0.25) is 4.90 Å². The van der Waals surface area contributed by atoms with Crippen LogP contribution in [0.4, 0.5) is 5.95 Å². The molecular formula is C19H29N5O3S. The zero-order valence-corrected chi connectivity index (χ0v) is 17.2. The van der Waals surface area contributed by atoms with E-state index in [0.29, 0.717) is 19.1 Å². The molecule has 0 spiro atoms. The second-order valence-corrected chi connectivity index (χ2v) is 9.11. The van der Waals surface area contributed by atoms with Crippen molar-refractivity contribution in [1.82, 2.24) is 20.1 Å². The van der Waals surface area contributed by atoms with Crippen molar-refractivity contribution in [2.24, 2.45) is 0 Å². The number of piperidine rings is 1. The Morgan fingerprint density at radius 2 is 2.04 bits per heavy atom. The van der Waals surface area contributed by atoms with Gasteiger partial charge in [0, 0.05) is 19.3 Å². The second kappa shape index (κ2) is 9.88. The zero-order valence-electron chi connectivity index (χ0n) is 16.4. The van der Waals surface area contributed by atoms with Gasteiger partial charge in [0.1, 0.15) is 5.75 Å². The molecule has 1 aliphatic rings. The highest BCUT2D eigenvalue weighted by atomic mass is 32.2. The molecule has 1 fully saturated rings. The second-order valence-electron chi connectivity index (χ2n) is 7.21. The van der Waals surface area contributed by atoms with Crippen LogP contribution in [0.25, 0.3) is 0 Å². The highest BCUT2D eigenvalue weighted by Gasteiger charge is 2.13. The average molecular weight is 408 g/mol. The Morgan fingerprint density at radius 1 is 1.21 bits per heavy atom. The van der Waals surface area contributed by atoms with E-state index in [2.05, 4.69) is 43.6 Å². The fraction of sp³-hybridized carbons (Fsp3) is 0.579. The predicted octanol–water partition coefficient (Wildman–Crippen LogP) is 2.47. The molecule has 0 saturated carbocycles. The molecule has 1 aromatic carbocycles. The number of ether oxygens (including phenoxy) is 1. The first-order chi connectivity index (χ1) is 13.5. The number of nitrogens with zero attached hydrogens (tertiary/aromatic N) is 3. The molecule has 28 heavy (non-hydrogen) atoms. The van der Waals surface area contributed by atoms with Crippen molar-refractivity contribution >= 4 is 15.8 Å². The van der Waals surface area contributed by atoms with Gasteiger partial charge in [-0.25, -0.2) is 13.5 Å². The maximum atomic E-state index is 11.3. The summed E-state index contributed by atoms with van der Waals surface area (Å²) in [6.07, 6.45) is 6.79. The quantitative estimate of drug-likeness (QED) is 0.584. The maximum Gasteiger partial charge on any atom is 0.268 e. The third-order valence-electron chi connectivity index (χ3n) is 4.68. The molecule has 1 saturated heterocycles. The number of sulfone groups is 1. The number of aromatic amines is 1. The smallest absolute Gasteiger partial charge is 0.268 e. The fourth-order valence-corrected chi connectivity index (χ4v) is 3.69. The lowest BCUT2D eigenvalue weighted by molar-refractivity contribution is 0.220. The van der Waals surface area contributed by atoms with Crippen molar-refractivity contribution in [2.75, 3.05) is 37.8 Å². The van der Waals surface area contributed by atoms with E-state index in [0.717, 1.165) is 31.4 Å². The van der Waals surface area contributed by atoms with Crippen LogP contribution < -0.4 is 10.1 Å². The van der Waals surface area contributed by atoms with Gasteiger partial charge < -0.3 is 10.1 Å². The van der Waals surface area contributed by atoms with Gasteiger partial charge in [-0.2, -0.15) is 4.98 Å². The highest BCUT2D eigenvalue weighted by molar-refractivity contribution is 7.90. The van der Waals surface area contributed by atoms with Crippen molar-refractivity contribution in [3.8, 4) is 5.75 Å². The monoisotopic (exact) mass is 407 g/mol. The predicted molar refractivity (Wildman–Crippen MR) is 108 cm³/mol. The normalized spacial score (nSPS) is 15.5. The lowest BCUT2D eigenvalue weighted by atomic mass is 10.1. The molecule has 0 amide bonds. The molecule has 0 atom stereocenters. The lowest BCUT2D eigenvalue weighted by Crippen LogP contribution is -2.29. The van der Waals surface area contributed by atoms with Crippen LogP contribution >= 0.6 is 0 Å². The van der Waals surface area contributed by atoms with Crippen LogP contribution in [0, 0.1) is 0 Å². The number of anilines is 1. The van der Waals surface area contributed by atoms with Crippen molar-refractivity contribution in [1.29, 1.82) is 0 Å². The Kier molecular flexibility index (Phi) is 7.27. The van der Waals surface area contributed by atoms with E-state index in [1.807, 2.05) is 6.07 Å². The minimum Gasteiger partial charge on any atom is -0.494 e. The van der Waals surface area contributed by atoms with Gasteiger partial charge in [-0.1, -0.05) is 18.6 Å². The summed E-state index contributed by atoms with van der Waals surface area (Å²) in [5.74, 6) is 1.28. The number of H-pyrrole nitrogens is 1. The van der Waals surface area contributed by atoms with Crippen LogP contribution in [-0.2, 0) is 16.4 Å². The van der Waals surface area contributed by atoms with Gasteiger partial charge in [0.15, 0.2) is 0 Å². The average Bonchev–Trinajstić information content (AvgIpc) is 3.15. The van der Waals surface area contributed by atoms with Gasteiger partial charge in [0.2, 0.25) is 15.8 Å². The summed E-state index contributed by atoms with van der Waals surface area (Å²) in [5.41, 5.74) is 1.30. The van der Waals surface area contributed by atoms with E-state index < -0.39 is 9.84 Å². The van der Waals surface area contributed by atoms with Crippen LogP contribution in [0.3, 0.4) is 0 Å². The molecule has 9 heteroatoms. The van der Waals surface area contributed by atoms with E-state index in [4.69, 9.17) is 4.74 Å². The third kappa shape index (κ3) is 6.49. The molecule has 2 heterocycles. The van der Waals surface area contributed by atoms with Crippen molar-refractivity contribution < 1.29 is 13.2 Å². The van der Waals surface area contributed by atoms with E-state index in [9.17, 15) is 8.42 Å². The van der Waals surface area contributed by atoms with Crippen LogP contribution in [0.2, 0.25) is 0 Å². The molecule has 2 aromatic rings. The van der Waals surface area contributed by atoms with E-state index in [-0.39, 0.29) is 5.16 Å². The molecule has 0 aliphatic carbocycles. The van der Waals surface area contributed by atoms with Gasteiger partial charge in [0.05, 0.1) is 6.61 Å². The number of hydrogen-bond donors (Lipinski definition) is 2. The molecule has 2 N–H and O–H groups in total. The lowest BCUT2D eigenvalue weighted by Gasteiger charge is -2.26. The molecule has 0 bridgehead atoms. The Balaban J connectivity index is 1.34. The Labute approximate surface area is 166 Å². The number of unbranched alkanes of at least 4 members (excludes halogenated alkanes) is 1.